The Balaban J connectivity index is 0.00000392. The predicted molar refractivity (Wildman–Crippen MR) is 120 cm³/mol. The van der Waals surface area contributed by atoms with Crippen LogP contribution in [0.3, 0.4) is 0 Å². The lowest BCUT2D eigenvalue weighted by Gasteiger charge is -2.36. The van der Waals surface area contributed by atoms with Crippen molar-refractivity contribution in [3.05, 3.63) is 24.3 Å². The molecule has 1 aliphatic heterocycles. The maximum atomic E-state index is 11.8. The Hall–Kier alpha value is -1.91. The van der Waals surface area contributed by atoms with E-state index in [-0.39, 0.29) is 36.2 Å². The van der Waals surface area contributed by atoms with Crippen LogP contribution in [-0.4, -0.2) is 81.4 Å². The van der Waals surface area contributed by atoms with Crippen LogP contribution in [0.1, 0.15) is 13.8 Å². The summed E-state index contributed by atoms with van der Waals surface area (Å²) in [7, 11) is 3.39. The number of hydrogen-bond donors (Lipinski definition) is 1. The van der Waals surface area contributed by atoms with E-state index in [4.69, 9.17) is 14.2 Å². The molecule has 1 fully saturated rings. The number of nitrogens with zero attached hydrogens (tertiary/aromatic N) is 3. The number of ether oxygens (including phenoxy) is 3. The van der Waals surface area contributed by atoms with E-state index in [0.717, 1.165) is 17.5 Å². The van der Waals surface area contributed by atoms with Crippen LogP contribution >= 0.6 is 24.0 Å². The monoisotopic (exact) mass is 506 g/mol. The van der Waals surface area contributed by atoms with Crippen molar-refractivity contribution in [1.82, 2.24) is 15.1 Å². The Kier molecular flexibility index (Phi) is 10.8. The number of methoxy groups -OCH3 is 1. The van der Waals surface area contributed by atoms with Crippen molar-refractivity contribution < 1.29 is 19.0 Å². The summed E-state index contributed by atoms with van der Waals surface area (Å²) in [5, 5.41) is 3.34. The van der Waals surface area contributed by atoms with Gasteiger partial charge in [-0.15, -0.1) is 24.0 Å². The molecule has 1 unspecified atom stereocenters. The summed E-state index contributed by atoms with van der Waals surface area (Å²) in [6.07, 6.45) is -0.296. The second-order valence-electron chi connectivity index (χ2n) is 6.21. The zero-order valence-corrected chi connectivity index (χ0v) is 19.3. The highest BCUT2D eigenvalue weighted by atomic mass is 127. The molecule has 0 radical (unpaired) electrons. The average molecular weight is 506 g/mol. The van der Waals surface area contributed by atoms with E-state index >= 15 is 0 Å². The van der Waals surface area contributed by atoms with Gasteiger partial charge >= 0.3 is 6.09 Å². The van der Waals surface area contributed by atoms with Crippen LogP contribution in [0.15, 0.2) is 29.3 Å². The number of carbonyl (C=O) groups is 1. The molecule has 158 valence electrons. The Morgan fingerprint density at radius 2 is 1.86 bits per heavy atom. The Morgan fingerprint density at radius 1 is 1.21 bits per heavy atom. The van der Waals surface area contributed by atoms with Gasteiger partial charge in [-0.3, -0.25) is 4.99 Å². The smallest absolute Gasteiger partial charge is 0.409 e. The second kappa shape index (κ2) is 12.5. The molecule has 1 aliphatic rings. The molecule has 8 nitrogen and oxygen atoms in total. The molecule has 0 spiro atoms. The number of amides is 1. The first-order valence-electron chi connectivity index (χ1n) is 9.25. The number of halogens is 1. The van der Waals surface area contributed by atoms with Gasteiger partial charge in [0.25, 0.3) is 0 Å². The lowest BCUT2D eigenvalue weighted by molar-refractivity contribution is 0.0913. The Morgan fingerprint density at radius 3 is 2.46 bits per heavy atom. The zero-order valence-electron chi connectivity index (χ0n) is 17.0. The van der Waals surface area contributed by atoms with Crippen LogP contribution < -0.4 is 14.8 Å². The van der Waals surface area contributed by atoms with Gasteiger partial charge in [-0.1, -0.05) is 6.07 Å². The molecular formula is C19H31IN4O4. The summed E-state index contributed by atoms with van der Waals surface area (Å²) < 4.78 is 16.2. The first kappa shape index (κ1) is 24.1. The first-order chi connectivity index (χ1) is 13.1. The van der Waals surface area contributed by atoms with Crippen LogP contribution in [0, 0.1) is 0 Å². The number of carbonyl (C=O) groups excluding carboxylic acids is 1. The van der Waals surface area contributed by atoms with Gasteiger partial charge < -0.3 is 29.3 Å². The lowest BCUT2D eigenvalue weighted by atomic mass is 10.3. The van der Waals surface area contributed by atoms with Gasteiger partial charge in [0.1, 0.15) is 17.6 Å². The number of guanidine groups is 1. The molecule has 0 bridgehead atoms. The number of nitrogens with one attached hydrogen (secondary N) is 1. The van der Waals surface area contributed by atoms with Gasteiger partial charge in [0.15, 0.2) is 5.96 Å². The van der Waals surface area contributed by atoms with E-state index < -0.39 is 0 Å². The minimum Gasteiger partial charge on any atom is -0.497 e. The highest BCUT2D eigenvalue weighted by molar-refractivity contribution is 14.0. The summed E-state index contributed by atoms with van der Waals surface area (Å²) in [6.45, 7) is 7.49. The van der Waals surface area contributed by atoms with Crippen molar-refractivity contribution in [2.45, 2.75) is 20.0 Å². The molecule has 0 saturated carbocycles. The largest absolute Gasteiger partial charge is 0.497 e. The van der Waals surface area contributed by atoms with Crippen molar-refractivity contribution in [2.75, 3.05) is 53.5 Å². The van der Waals surface area contributed by atoms with E-state index in [2.05, 4.69) is 15.2 Å². The predicted octanol–water partition coefficient (Wildman–Crippen LogP) is 2.43. The number of hydrogen-bond acceptors (Lipinski definition) is 5. The Labute approximate surface area is 184 Å². The van der Waals surface area contributed by atoms with Gasteiger partial charge in [0.05, 0.1) is 20.3 Å². The molecule has 0 aromatic heterocycles. The first-order valence-corrected chi connectivity index (χ1v) is 9.25. The molecule has 2 rings (SSSR count). The highest BCUT2D eigenvalue weighted by Gasteiger charge is 2.23. The van der Waals surface area contributed by atoms with E-state index in [1.54, 1.807) is 19.1 Å². The topological polar surface area (TPSA) is 75.6 Å². The third kappa shape index (κ3) is 7.25. The molecule has 1 amide bonds. The maximum Gasteiger partial charge on any atom is 0.409 e. The van der Waals surface area contributed by atoms with E-state index in [9.17, 15) is 4.79 Å². The third-order valence-electron chi connectivity index (χ3n) is 4.24. The molecule has 1 atom stereocenters. The molecule has 1 saturated heterocycles. The van der Waals surface area contributed by atoms with E-state index in [0.29, 0.717) is 39.3 Å². The van der Waals surface area contributed by atoms with Gasteiger partial charge in [0.2, 0.25) is 0 Å². The quantitative estimate of drug-likeness (QED) is 0.363. The van der Waals surface area contributed by atoms with Crippen molar-refractivity contribution >= 4 is 36.0 Å². The zero-order chi connectivity index (χ0) is 19.6. The Bertz CT molecular complexity index is 636. The number of piperazine rings is 1. The molecule has 28 heavy (non-hydrogen) atoms. The fourth-order valence-corrected chi connectivity index (χ4v) is 2.83. The van der Waals surface area contributed by atoms with Gasteiger partial charge in [0, 0.05) is 39.3 Å². The minimum absolute atomic E-state index is 0. The molecule has 9 heteroatoms. The molecule has 1 heterocycles. The van der Waals surface area contributed by atoms with Crippen LogP contribution in [0.25, 0.3) is 0 Å². The fraction of sp³-hybridized carbons (Fsp3) is 0.579. The van der Waals surface area contributed by atoms with Crippen molar-refractivity contribution in [2.24, 2.45) is 4.99 Å². The van der Waals surface area contributed by atoms with Gasteiger partial charge in [-0.05, 0) is 26.0 Å². The van der Waals surface area contributed by atoms with Crippen LogP contribution in [0.2, 0.25) is 0 Å². The minimum atomic E-state index is -0.250. The molecular weight excluding hydrogens is 475 g/mol. The number of rotatable bonds is 6. The van der Waals surface area contributed by atoms with Crippen LogP contribution in [0.5, 0.6) is 11.5 Å². The summed E-state index contributed by atoms with van der Waals surface area (Å²) >= 11 is 0. The standard InChI is InChI=1S/C19H30N4O4.HI/c1-5-26-19(24)23-11-9-22(10-12-23)18(20-3)21-14-15(2)27-17-8-6-7-16(13-17)25-4;/h6-8,13,15H,5,9-12,14H2,1-4H3,(H,20,21);1H. The SMILES string of the molecule is CCOC(=O)N1CCN(C(=NC)NCC(C)Oc2cccc(OC)c2)CC1.I. The average Bonchev–Trinajstić information content (AvgIpc) is 2.69. The van der Waals surface area contributed by atoms with E-state index in [1.807, 2.05) is 38.1 Å². The van der Waals surface area contributed by atoms with Crippen molar-refractivity contribution in [1.29, 1.82) is 0 Å². The molecule has 1 aromatic carbocycles. The molecule has 0 aliphatic carbocycles. The number of aliphatic imine (C=N–C) groups is 1. The summed E-state index contributed by atoms with van der Waals surface area (Å²) in [5.74, 6) is 2.34. The van der Waals surface area contributed by atoms with Crippen LogP contribution in [-0.2, 0) is 4.74 Å². The lowest BCUT2D eigenvalue weighted by Crippen LogP contribution is -2.54. The fourth-order valence-electron chi connectivity index (χ4n) is 2.83. The molecule has 1 aromatic rings. The third-order valence-corrected chi connectivity index (χ3v) is 4.24. The van der Waals surface area contributed by atoms with E-state index in [1.165, 1.54) is 0 Å². The molecule has 1 N–H and O–H groups in total. The van der Waals surface area contributed by atoms with Gasteiger partial charge in [-0.25, -0.2) is 4.79 Å². The van der Waals surface area contributed by atoms with Crippen molar-refractivity contribution in [3.63, 3.8) is 0 Å². The second-order valence-corrected chi connectivity index (χ2v) is 6.21. The summed E-state index contributed by atoms with van der Waals surface area (Å²) in [6, 6.07) is 7.55. The highest BCUT2D eigenvalue weighted by Crippen LogP contribution is 2.19. The maximum absolute atomic E-state index is 11.8. The summed E-state index contributed by atoms with van der Waals surface area (Å²) in [5.41, 5.74) is 0. The van der Waals surface area contributed by atoms with Gasteiger partial charge in [-0.2, -0.15) is 0 Å². The van der Waals surface area contributed by atoms with Crippen LogP contribution in [0.4, 0.5) is 4.79 Å². The number of benzene rings is 1. The summed E-state index contributed by atoms with van der Waals surface area (Å²) in [4.78, 5) is 20.0. The normalized spacial score (nSPS) is 15.4. The van der Waals surface area contributed by atoms with Crippen molar-refractivity contribution in [3.8, 4) is 11.5 Å².